The molecule has 0 unspecified atom stereocenters. The van der Waals surface area contributed by atoms with Crippen molar-refractivity contribution in [2.24, 2.45) is 0 Å². The Labute approximate surface area is 101 Å². The maximum absolute atomic E-state index is 13.2. The first-order valence-electron chi connectivity index (χ1n) is 5.91. The Morgan fingerprint density at radius 1 is 1.35 bits per heavy atom. The molecule has 0 aliphatic carbocycles. The summed E-state index contributed by atoms with van der Waals surface area (Å²) in [6.07, 6.45) is 1.13. The summed E-state index contributed by atoms with van der Waals surface area (Å²) in [5, 5.41) is 12.1. The van der Waals surface area contributed by atoms with Crippen LogP contribution >= 0.6 is 0 Å². The molecule has 0 radical (unpaired) electrons. The molecule has 1 N–H and O–H groups in total. The predicted octanol–water partition coefficient (Wildman–Crippen LogP) is 1.49. The quantitative estimate of drug-likeness (QED) is 0.841. The minimum absolute atomic E-state index is 0.135. The van der Waals surface area contributed by atoms with Gasteiger partial charge in [-0.3, -0.25) is 4.90 Å². The highest BCUT2D eigenvalue weighted by molar-refractivity contribution is 5.34. The number of nitrogens with one attached hydrogen (secondary N) is 1. The van der Waals surface area contributed by atoms with E-state index < -0.39 is 5.82 Å². The molecular weight excluding hydrogens is 217 g/mol. The topological polar surface area (TPSA) is 39.1 Å². The first kappa shape index (κ1) is 12.0. The predicted molar refractivity (Wildman–Crippen MR) is 63.9 cm³/mol. The summed E-state index contributed by atoms with van der Waals surface area (Å²) in [6, 6.07) is 6.66. The standard InChI is InChI=1S/C13H16FN3/c14-13-3-2-11(8-12(13)9-15)10-17-6-1-4-16-5-7-17/h2-3,8,16H,1,4-7,10H2. The van der Waals surface area contributed by atoms with Crippen molar-refractivity contribution in [2.75, 3.05) is 26.2 Å². The maximum Gasteiger partial charge on any atom is 0.140 e. The summed E-state index contributed by atoms with van der Waals surface area (Å²) in [4.78, 5) is 2.33. The van der Waals surface area contributed by atoms with E-state index in [-0.39, 0.29) is 5.56 Å². The lowest BCUT2D eigenvalue weighted by Gasteiger charge is -2.19. The Bertz CT molecular complexity index is 417. The molecule has 1 saturated heterocycles. The van der Waals surface area contributed by atoms with Crippen molar-refractivity contribution in [3.8, 4) is 6.07 Å². The fraction of sp³-hybridized carbons (Fsp3) is 0.462. The van der Waals surface area contributed by atoms with Crippen LogP contribution < -0.4 is 5.32 Å². The van der Waals surface area contributed by atoms with Gasteiger partial charge in [-0.1, -0.05) is 6.07 Å². The summed E-state index contributed by atoms with van der Waals surface area (Å²) in [6.45, 7) is 4.89. The minimum Gasteiger partial charge on any atom is -0.315 e. The summed E-state index contributed by atoms with van der Waals surface area (Å²) in [5.74, 6) is -0.436. The second-order valence-corrected chi connectivity index (χ2v) is 4.31. The summed E-state index contributed by atoms with van der Waals surface area (Å²) in [5.41, 5.74) is 1.14. The van der Waals surface area contributed by atoms with Crippen LogP contribution in [0.5, 0.6) is 0 Å². The SMILES string of the molecule is N#Cc1cc(CN2CCCNCC2)ccc1F. The Morgan fingerprint density at radius 2 is 2.24 bits per heavy atom. The normalized spacial score (nSPS) is 17.4. The highest BCUT2D eigenvalue weighted by atomic mass is 19.1. The van der Waals surface area contributed by atoms with Crippen LogP contribution in [0.15, 0.2) is 18.2 Å². The van der Waals surface area contributed by atoms with Crippen molar-refractivity contribution >= 4 is 0 Å². The number of nitriles is 1. The highest BCUT2D eigenvalue weighted by Crippen LogP contribution is 2.12. The number of benzene rings is 1. The minimum atomic E-state index is -0.436. The maximum atomic E-state index is 13.2. The summed E-state index contributed by atoms with van der Waals surface area (Å²) >= 11 is 0. The van der Waals surface area contributed by atoms with E-state index >= 15 is 0 Å². The Morgan fingerprint density at radius 3 is 3.06 bits per heavy atom. The van der Waals surface area contributed by atoms with Crippen LogP contribution in [-0.2, 0) is 6.54 Å². The molecule has 0 aromatic heterocycles. The van der Waals surface area contributed by atoms with Crippen LogP contribution in [0.4, 0.5) is 4.39 Å². The van der Waals surface area contributed by atoms with Crippen LogP contribution in [0.2, 0.25) is 0 Å². The molecule has 1 aromatic rings. The number of halogens is 1. The van der Waals surface area contributed by atoms with Gasteiger partial charge in [0.2, 0.25) is 0 Å². The van der Waals surface area contributed by atoms with Gasteiger partial charge in [0.1, 0.15) is 11.9 Å². The van der Waals surface area contributed by atoms with E-state index in [4.69, 9.17) is 5.26 Å². The third-order valence-corrected chi connectivity index (χ3v) is 2.99. The molecule has 1 aliphatic heterocycles. The lowest BCUT2D eigenvalue weighted by Crippen LogP contribution is -2.27. The van der Waals surface area contributed by atoms with Gasteiger partial charge in [-0.2, -0.15) is 5.26 Å². The second kappa shape index (κ2) is 5.76. The first-order valence-corrected chi connectivity index (χ1v) is 5.91. The molecule has 0 amide bonds. The molecule has 3 nitrogen and oxygen atoms in total. The zero-order valence-electron chi connectivity index (χ0n) is 9.75. The van der Waals surface area contributed by atoms with Gasteiger partial charge in [-0.05, 0) is 37.2 Å². The molecule has 2 rings (SSSR count). The van der Waals surface area contributed by atoms with Crippen molar-refractivity contribution in [3.05, 3.63) is 35.1 Å². The second-order valence-electron chi connectivity index (χ2n) is 4.31. The molecule has 1 heterocycles. The third kappa shape index (κ3) is 3.26. The Balaban J connectivity index is 2.05. The highest BCUT2D eigenvalue weighted by Gasteiger charge is 2.10. The zero-order valence-corrected chi connectivity index (χ0v) is 9.75. The van der Waals surface area contributed by atoms with Crippen LogP contribution in [-0.4, -0.2) is 31.1 Å². The van der Waals surface area contributed by atoms with Crippen molar-refractivity contribution in [1.29, 1.82) is 5.26 Å². The molecule has 0 bridgehead atoms. The fourth-order valence-electron chi connectivity index (χ4n) is 2.07. The molecule has 1 fully saturated rings. The summed E-state index contributed by atoms with van der Waals surface area (Å²) in [7, 11) is 0. The smallest absolute Gasteiger partial charge is 0.140 e. The number of nitrogens with zero attached hydrogens (tertiary/aromatic N) is 2. The van der Waals surface area contributed by atoms with Gasteiger partial charge >= 0.3 is 0 Å². The molecule has 90 valence electrons. The molecule has 4 heteroatoms. The number of rotatable bonds is 2. The van der Waals surface area contributed by atoms with Crippen molar-refractivity contribution in [1.82, 2.24) is 10.2 Å². The van der Waals surface area contributed by atoms with Crippen molar-refractivity contribution in [2.45, 2.75) is 13.0 Å². The monoisotopic (exact) mass is 233 g/mol. The molecule has 1 aliphatic rings. The van der Waals surface area contributed by atoms with Crippen LogP contribution in [0.25, 0.3) is 0 Å². The molecular formula is C13H16FN3. The van der Waals surface area contributed by atoms with E-state index in [1.807, 2.05) is 6.07 Å². The number of hydrogen-bond donors (Lipinski definition) is 1. The van der Waals surface area contributed by atoms with Crippen LogP contribution in [0.1, 0.15) is 17.5 Å². The van der Waals surface area contributed by atoms with Gasteiger partial charge < -0.3 is 5.32 Å². The van der Waals surface area contributed by atoms with E-state index in [0.29, 0.717) is 0 Å². The van der Waals surface area contributed by atoms with E-state index in [9.17, 15) is 4.39 Å². The van der Waals surface area contributed by atoms with Gasteiger partial charge in [-0.15, -0.1) is 0 Å². The largest absolute Gasteiger partial charge is 0.315 e. The van der Waals surface area contributed by atoms with Gasteiger partial charge in [0.25, 0.3) is 0 Å². The molecule has 0 saturated carbocycles. The van der Waals surface area contributed by atoms with E-state index in [0.717, 1.165) is 44.7 Å². The van der Waals surface area contributed by atoms with E-state index in [1.54, 1.807) is 12.1 Å². The third-order valence-electron chi connectivity index (χ3n) is 2.99. The summed E-state index contributed by atoms with van der Waals surface area (Å²) < 4.78 is 13.2. The Kier molecular flexibility index (Phi) is 4.08. The van der Waals surface area contributed by atoms with Gasteiger partial charge in [0.05, 0.1) is 5.56 Å². The van der Waals surface area contributed by atoms with Crippen LogP contribution in [0, 0.1) is 17.1 Å². The fourth-order valence-corrected chi connectivity index (χ4v) is 2.07. The zero-order chi connectivity index (χ0) is 12.1. The van der Waals surface area contributed by atoms with Crippen molar-refractivity contribution in [3.63, 3.8) is 0 Å². The molecule has 17 heavy (non-hydrogen) atoms. The van der Waals surface area contributed by atoms with E-state index in [2.05, 4.69) is 10.2 Å². The molecule has 0 spiro atoms. The average Bonchev–Trinajstić information content (AvgIpc) is 2.60. The lowest BCUT2D eigenvalue weighted by atomic mass is 10.1. The molecule has 1 aromatic carbocycles. The van der Waals surface area contributed by atoms with Gasteiger partial charge in [-0.25, -0.2) is 4.39 Å². The van der Waals surface area contributed by atoms with Crippen LogP contribution in [0.3, 0.4) is 0 Å². The molecule has 0 atom stereocenters. The number of hydrogen-bond acceptors (Lipinski definition) is 3. The van der Waals surface area contributed by atoms with E-state index in [1.165, 1.54) is 6.07 Å². The average molecular weight is 233 g/mol. The van der Waals surface area contributed by atoms with Gasteiger partial charge in [0.15, 0.2) is 0 Å². The van der Waals surface area contributed by atoms with Gasteiger partial charge in [0, 0.05) is 19.6 Å². The first-order chi connectivity index (χ1) is 8.29. The Hall–Kier alpha value is -1.44. The van der Waals surface area contributed by atoms with Crippen molar-refractivity contribution < 1.29 is 4.39 Å². The lowest BCUT2D eigenvalue weighted by molar-refractivity contribution is 0.284.